The van der Waals surface area contributed by atoms with Crippen LogP contribution in [0.4, 0.5) is 0 Å². The number of rotatable bonds is 7. The van der Waals surface area contributed by atoms with Gasteiger partial charge in [0.2, 0.25) is 5.91 Å². The summed E-state index contributed by atoms with van der Waals surface area (Å²) in [6, 6.07) is 13.2. The molecule has 2 unspecified atom stereocenters. The highest BCUT2D eigenvalue weighted by Gasteiger charge is 2.31. The van der Waals surface area contributed by atoms with E-state index in [0.29, 0.717) is 25.2 Å². The third-order valence-electron chi connectivity index (χ3n) is 5.71. The molecule has 2 amide bonds. The molecule has 1 aliphatic carbocycles. The van der Waals surface area contributed by atoms with Crippen LogP contribution in [-0.2, 0) is 11.3 Å². The zero-order valence-corrected chi connectivity index (χ0v) is 18.1. The number of carbonyl (C=O) groups excluding carboxylic acids is 2. The Balaban J connectivity index is 1.59. The second-order valence-corrected chi connectivity index (χ2v) is 7.90. The summed E-state index contributed by atoms with van der Waals surface area (Å²) in [7, 11) is 1.64. The smallest absolute Gasteiger partial charge is 0.270 e. The van der Waals surface area contributed by atoms with E-state index in [4.69, 9.17) is 4.74 Å². The molecule has 6 heteroatoms. The van der Waals surface area contributed by atoms with Gasteiger partial charge in [0.05, 0.1) is 7.11 Å². The third-order valence-corrected chi connectivity index (χ3v) is 5.71. The van der Waals surface area contributed by atoms with Crippen LogP contribution >= 0.6 is 0 Å². The maximum absolute atomic E-state index is 13.2. The minimum atomic E-state index is -0.164. The van der Waals surface area contributed by atoms with Crippen molar-refractivity contribution in [2.75, 3.05) is 13.7 Å². The predicted octanol–water partition coefficient (Wildman–Crippen LogP) is 3.74. The monoisotopic (exact) mass is 409 g/mol. The van der Waals surface area contributed by atoms with Crippen LogP contribution in [0.3, 0.4) is 0 Å². The molecule has 0 saturated heterocycles. The zero-order valence-electron chi connectivity index (χ0n) is 18.1. The zero-order chi connectivity index (χ0) is 21.5. The molecule has 0 spiro atoms. The van der Waals surface area contributed by atoms with Gasteiger partial charge in [-0.05, 0) is 62.9 Å². The Labute approximate surface area is 178 Å². The van der Waals surface area contributed by atoms with Crippen LogP contribution in [0.1, 0.15) is 54.4 Å². The van der Waals surface area contributed by atoms with E-state index in [-0.39, 0.29) is 23.8 Å². The van der Waals surface area contributed by atoms with Crippen LogP contribution in [-0.4, -0.2) is 41.4 Å². The molecule has 1 N–H and O–H groups in total. The van der Waals surface area contributed by atoms with E-state index in [1.807, 2.05) is 55.1 Å². The lowest BCUT2D eigenvalue weighted by Crippen LogP contribution is -2.43. The fourth-order valence-corrected chi connectivity index (χ4v) is 4.03. The van der Waals surface area contributed by atoms with Crippen molar-refractivity contribution in [3.63, 3.8) is 0 Å². The first-order valence-electron chi connectivity index (χ1n) is 10.7. The molecule has 1 aliphatic rings. The van der Waals surface area contributed by atoms with E-state index in [1.165, 1.54) is 0 Å². The standard InChI is InChI=1S/C24H31N3O3/c1-4-27(16-18-11-13-21(30-3)14-12-18)24(29)19-8-6-9-20(15-19)26-23(28)22-10-5-7-17(2)25-22/h5,7,10-14,19-20H,4,6,8-9,15-16H2,1-3H3,(H,26,28). The second-order valence-electron chi connectivity index (χ2n) is 7.90. The third kappa shape index (κ3) is 5.59. The van der Waals surface area contributed by atoms with E-state index < -0.39 is 0 Å². The topological polar surface area (TPSA) is 71.5 Å². The minimum absolute atomic E-state index is 0.00204. The predicted molar refractivity (Wildman–Crippen MR) is 116 cm³/mol. The number of aryl methyl sites for hydroxylation is 1. The van der Waals surface area contributed by atoms with Crippen molar-refractivity contribution in [2.24, 2.45) is 5.92 Å². The molecule has 1 saturated carbocycles. The Morgan fingerprint density at radius 1 is 1.17 bits per heavy atom. The highest BCUT2D eigenvalue weighted by atomic mass is 16.5. The number of benzene rings is 1. The molecular weight excluding hydrogens is 378 g/mol. The Hall–Kier alpha value is -2.89. The van der Waals surface area contributed by atoms with Gasteiger partial charge in [0, 0.05) is 30.7 Å². The number of nitrogens with zero attached hydrogens (tertiary/aromatic N) is 2. The lowest BCUT2D eigenvalue weighted by atomic mass is 9.84. The molecule has 0 aliphatic heterocycles. The Morgan fingerprint density at radius 2 is 1.93 bits per heavy atom. The number of carbonyl (C=O) groups is 2. The minimum Gasteiger partial charge on any atom is -0.497 e. The molecule has 1 aromatic carbocycles. The number of hydrogen-bond acceptors (Lipinski definition) is 4. The molecule has 6 nitrogen and oxygen atoms in total. The fraction of sp³-hybridized carbons (Fsp3) is 0.458. The summed E-state index contributed by atoms with van der Waals surface area (Å²) < 4.78 is 5.21. The van der Waals surface area contributed by atoms with Gasteiger partial charge < -0.3 is 15.0 Å². The van der Waals surface area contributed by atoms with Crippen molar-refractivity contribution in [3.05, 3.63) is 59.4 Å². The van der Waals surface area contributed by atoms with E-state index in [9.17, 15) is 9.59 Å². The van der Waals surface area contributed by atoms with Crippen molar-refractivity contribution in [1.29, 1.82) is 0 Å². The molecule has 3 rings (SSSR count). The first kappa shape index (κ1) is 21.8. The highest BCUT2D eigenvalue weighted by Crippen LogP contribution is 2.27. The Morgan fingerprint density at radius 3 is 2.60 bits per heavy atom. The molecule has 1 heterocycles. The summed E-state index contributed by atoms with van der Waals surface area (Å²) in [6.07, 6.45) is 3.37. The second kappa shape index (κ2) is 10.2. The fourth-order valence-electron chi connectivity index (χ4n) is 4.03. The lowest BCUT2D eigenvalue weighted by Gasteiger charge is -2.32. The van der Waals surface area contributed by atoms with Gasteiger partial charge in [-0.15, -0.1) is 0 Å². The summed E-state index contributed by atoms with van der Waals surface area (Å²) in [5.74, 6) is 0.748. The van der Waals surface area contributed by atoms with Gasteiger partial charge in [0.25, 0.3) is 5.91 Å². The highest BCUT2D eigenvalue weighted by molar-refractivity contribution is 5.92. The average molecular weight is 410 g/mol. The maximum atomic E-state index is 13.2. The maximum Gasteiger partial charge on any atom is 0.270 e. The van der Waals surface area contributed by atoms with E-state index in [0.717, 1.165) is 36.3 Å². The first-order chi connectivity index (χ1) is 14.5. The SMILES string of the molecule is CCN(Cc1ccc(OC)cc1)C(=O)C1CCCC(NC(=O)c2cccc(C)n2)C1. The van der Waals surface area contributed by atoms with Gasteiger partial charge in [0.1, 0.15) is 11.4 Å². The van der Waals surface area contributed by atoms with Gasteiger partial charge in [-0.1, -0.05) is 24.6 Å². The molecule has 30 heavy (non-hydrogen) atoms. The van der Waals surface area contributed by atoms with E-state index >= 15 is 0 Å². The number of amides is 2. The molecule has 0 radical (unpaired) electrons. The normalized spacial score (nSPS) is 18.5. The van der Waals surface area contributed by atoms with Gasteiger partial charge in [-0.2, -0.15) is 0 Å². The summed E-state index contributed by atoms with van der Waals surface area (Å²) in [5, 5.41) is 3.08. The largest absolute Gasteiger partial charge is 0.497 e. The average Bonchev–Trinajstić information content (AvgIpc) is 2.77. The molecule has 2 aromatic rings. The Kier molecular flexibility index (Phi) is 7.44. The van der Waals surface area contributed by atoms with E-state index in [1.54, 1.807) is 13.2 Å². The van der Waals surface area contributed by atoms with E-state index in [2.05, 4.69) is 10.3 Å². The lowest BCUT2D eigenvalue weighted by molar-refractivity contribution is -0.137. The van der Waals surface area contributed by atoms with Crippen LogP contribution in [0.5, 0.6) is 5.75 Å². The van der Waals surface area contributed by atoms with Gasteiger partial charge in [-0.3, -0.25) is 9.59 Å². The van der Waals surface area contributed by atoms with Crippen molar-refractivity contribution in [3.8, 4) is 5.75 Å². The molecule has 1 fully saturated rings. The number of aromatic nitrogens is 1. The summed E-state index contributed by atoms with van der Waals surface area (Å²) in [4.78, 5) is 31.9. The van der Waals surface area contributed by atoms with Crippen molar-refractivity contribution >= 4 is 11.8 Å². The van der Waals surface area contributed by atoms with Crippen molar-refractivity contribution in [2.45, 2.75) is 52.1 Å². The molecule has 160 valence electrons. The van der Waals surface area contributed by atoms with Crippen LogP contribution in [0.15, 0.2) is 42.5 Å². The number of methoxy groups -OCH3 is 1. The number of pyridine rings is 1. The molecule has 1 aromatic heterocycles. The van der Waals surface area contributed by atoms with Gasteiger partial charge in [0.15, 0.2) is 0 Å². The van der Waals surface area contributed by atoms with Crippen molar-refractivity contribution in [1.82, 2.24) is 15.2 Å². The summed E-state index contributed by atoms with van der Waals surface area (Å²) >= 11 is 0. The first-order valence-corrected chi connectivity index (χ1v) is 10.7. The van der Waals surface area contributed by atoms with Crippen LogP contribution in [0.2, 0.25) is 0 Å². The molecule has 0 bridgehead atoms. The summed E-state index contributed by atoms with van der Waals surface area (Å²) in [6.45, 7) is 5.12. The van der Waals surface area contributed by atoms with Crippen molar-refractivity contribution < 1.29 is 14.3 Å². The summed E-state index contributed by atoms with van der Waals surface area (Å²) in [5.41, 5.74) is 2.33. The number of ether oxygens (including phenoxy) is 1. The molecular formula is C24H31N3O3. The van der Waals surface area contributed by atoms with Crippen LogP contribution in [0, 0.1) is 12.8 Å². The number of hydrogen-bond donors (Lipinski definition) is 1. The quantitative estimate of drug-likeness (QED) is 0.756. The molecule has 2 atom stereocenters. The van der Waals surface area contributed by atoms with Gasteiger partial charge in [-0.25, -0.2) is 4.98 Å². The van der Waals surface area contributed by atoms with Crippen LogP contribution < -0.4 is 10.1 Å². The van der Waals surface area contributed by atoms with Gasteiger partial charge >= 0.3 is 0 Å². The van der Waals surface area contributed by atoms with Crippen LogP contribution in [0.25, 0.3) is 0 Å². The number of nitrogens with one attached hydrogen (secondary N) is 1. The Bertz CT molecular complexity index is 866.